The SMILES string of the molecule is CCCCc1ccc(C2CCC(C(=O)Oc3ccc(S)cc3)CC2)cc1.CCCCc1ccc(C2CCC(C(=O)Oc3ccc(S)cc3)CC2)cc1.CCCCc1ccc(C2CCC(C(=O)Oc3ccc(S)cc3)CC2)cc1.CCCCc1ccc(C2CCC(C(=O)Oc3ccc(S)cc3)CC2)cc1.CCCCc1ccc(C2CCC(C(=O)Oc3ccc(S)cc3)CC2)cc1.F.F.F.F.F. The molecule has 20 heteroatoms. The molecule has 0 unspecified atom stereocenters. The predicted octanol–water partition coefficient (Wildman–Crippen LogP) is 31.7. The van der Waals surface area contributed by atoms with Crippen LogP contribution in [0.5, 0.6) is 28.7 Å². The Bertz CT molecular complexity index is 4260. The van der Waals surface area contributed by atoms with E-state index < -0.39 is 0 Å². The van der Waals surface area contributed by atoms with Crippen LogP contribution in [0.15, 0.2) is 267 Å². The fourth-order valence-corrected chi connectivity index (χ4v) is 19.3. The van der Waals surface area contributed by atoms with Gasteiger partial charge in [0, 0.05) is 24.5 Å². The molecule has 0 amide bonds. The van der Waals surface area contributed by atoms with Crippen LogP contribution >= 0.6 is 63.1 Å². The Morgan fingerprint density at radius 1 is 0.200 bits per heavy atom. The zero-order valence-electron chi connectivity index (χ0n) is 79.5. The molecule has 0 aromatic heterocycles. The zero-order chi connectivity index (χ0) is 91.8. The van der Waals surface area contributed by atoms with Gasteiger partial charge in [0.2, 0.25) is 0 Å². The summed E-state index contributed by atoms with van der Waals surface area (Å²) in [5.74, 6) is 5.54. The van der Waals surface area contributed by atoms with E-state index in [0.717, 1.165) is 153 Å². The summed E-state index contributed by atoms with van der Waals surface area (Å²) in [4.78, 5) is 66.3. The number of ether oxygens (including phenoxy) is 5. The van der Waals surface area contributed by atoms with E-state index in [1.165, 1.54) is 152 Å². The lowest BCUT2D eigenvalue weighted by Crippen LogP contribution is -2.25. The first kappa shape index (κ1) is 115. The summed E-state index contributed by atoms with van der Waals surface area (Å²) < 4.78 is 27.7. The number of rotatable bonds is 30. The highest BCUT2D eigenvalue weighted by Gasteiger charge is 2.34. The van der Waals surface area contributed by atoms with E-state index in [1.54, 1.807) is 60.7 Å². The second-order valence-corrected chi connectivity index (χ2v) is 39.1. The summed E-state index contributed by atoms with van der Waals surface area (Å²) in [5, 5.41) is 0. The van der Waals surface area contributed by atoms with Crippen LogP contribution in [0.4, 0.5) is 23.5 Å². The van der Waals surface area contributed by atoms with Gasteiger partial charge in [-0.05, 0) is 399 Å². The molecule has 0 atom stereocenters. The van der Waals surface area contributed by atoms with Crippen LogP contribution in [-0.4, -0.2) is 29.8 Å². The van der Waals surface area contributed by atoms with E-state index >= 15 is 0 Å². The van der Waals surface area contributed by atoms with Crippen molar-refractivity contribution in [3.8, 4) is 28.7 Å². The molecule has 5 saturated carbocycles. The zero-order valence-corrected chi connectivity index (χ0v) is 83.9. The quantitative estimate of drug-likeness (QED) is 0.0128. The highest BCUT2D eigenvalue weighted by molar-refractivity contribution is 7.81. The van der Waals surface area contributed by atoms with Crippen LogP contribution in [0.3, 0.4) is 0 Å². The van der Waals surface area contributed by atoms with Crippen LogP contribution in [0, 0.1) is 29.6 Å². The summed E-state index contributed by atoms with van der Waals surface area (Å²) in [7, 11) is 0. The van der Waals surface area contributed by atoms with Crippen molar-refractivity contribution in [1.82, 2.24) is 0 Å². The fourth-order valence-electron chi connectivity index (χ4n) is 18.6. The smallest absolute Gasteiger partial charge is 0.314 e. The Hall–Kier alpha value is -9.05. The number of benzene rings is 10. The molecule has 10 aromatic carbocycles. The minimum absolute atomic E-state index is 0. The summed E-state index contributed by atoms with van der Waals surface area (Å²) in [6.07, 6.45) is 38.0. The second kappa shape index (κ2) is 62.0. The van der Waals surface area contributed by atoms with Gasteiger partial charge >= 0.3 is 29.8 Å². The third kappa shape index (κ3) is 38.7. The van der Waals surface area contributed by atoms with Crippen LogP contribution in [0.1, 0.15) is 312 Å². The molecular formula is C115H145F5O10S5. The maximum absolute atomic E-state index is 12.4. The van der Waals surface area contributed by atoms with Crippen molar-refractivity contribution in [2.45, 2.75) is 313 Å². The van der Waals surface area contributed by atoms with Crippen molar-refractivity contribution in [2.24, 2.45) is 29.6 Å². The monoisotopic (exact) mass is 1940 g/mol. The Morgan fingerprint density at radius 3 is 0.444 bits per heavy atom. The van der Waals surface area contributed by atoms with Gasteiger partial charge in [-0.15, -0.1) is 63.1 Å². The van der Waals surface area contributed by atoms with Gasteiger partial charge in [-0.3, -0.25) is 47.5 Å². The number of thiol groups is 5. The number of carbonyl (C=O) groups is 5. The molecule has 10 aromatic rings. The Labute approximate surface area is 828 Å². The third-order valence-corrected chi connectivity index (χ3v) is 28.4. The van der Waals surface area contributed by atoms with Gasteiger partial charge in [0.1, 0.15) is 28.7 Å². The first-order valence-corrected chi connectivity index (χ1v) is 51.0. The van der Waals surface area contributed by atoms with E-state index in [9.17, 15) is 24.0 Å². The number of esters is 5. The number of aryl methyl sites for hydroxylation is 5. The molecule has 0 bridgehead atoms. The molecule has 5 fully saturated rings. The molecule has 730 valence electrons. The van der Waals surface area contributed by atoms with E-state index in [0.29, 0.717) is 58.3 Å². The second-order valence-electron chi connectivity index (χ2n) is 36.5. The van der Waals surface area contributed by atoms with Crippen LogP contribution in [0.25, 0.3) is 0 Å². The molecule has 0 aliphatic heterocycles. The van der Waals surface area contributed by atoms with Crippen molar-refractivity contribution in [3.05, 3.63) is 298 Å². The standard InChI is InChI=1S/5C23H28O2S.5FH/c5*1-2-3-4-17-5-7-18(8-6-17)19-9-11-20(12-10-19)23(24)25-21-13-15-22(26)16-14-21;;;;;/h5*5-8,13-16,19-20,26H,2-4,9-12H2,1H3;5*1H. The van der Waals surface area contributed by atoms with Gasteiger partial charge in [-0.1, -0.05) is 188 Å². The molecule has 0 saturated heterocycles. The van der Waals surface area contributed by atoms with E-state index in [2.05, 4.69) is 219 Å². The van der Waals surface area contributed by atoms with Gasteiger partial charge in [-0.25, -0.2) is 0 Å². The molecule has 0 spiro atoms. The number of carbonyl (C=O) groups excluding carboxylic acids is 5. The number of hydrogen-bond donors (Lipinski definition) is 5. The molecule has 0 N–H and O–H groups in total. The molecule has 15 rings (SSSR count). The van der Waals surface area contributed by atoms with Gasteiger partial charge in [0.15, 0.2) is 0 Å². The van der Waals surface area contributed by atoms with Crippen molar-refractivity contribution in [1.29, 1.82) is 0 Å². The average molecular weight is 1940 g/mol. The third-order valence-electron chi connectivity index (χ3n) is 26.9. The minimum Gasteiger partial charge on any atom is -0.426 e. The maximum Gasteiger partial charge on any atom is 0.314 e. The highest BCUT2D eigenvalue weighted by Crippen LogP contribution is 2.43. The van der Waals surface area contributed by atoms with Crippen molar-refractivity contribution < 1.29 is 71.2 Å². The Morgan fingerprint density at radius 2 is 0.326 bits per heavy atom. The predicted molar refractivity (Wildman–Crippen MR) is 558 cm³/mol. The maximum atomic E-state index is 12.4. The van der Waals surface area contributed by atoms with Gasteiger partial charge in [0.05, 0.1) is 29.6 Å². The molecule has 5 aliphatic rings. The lowest BCUT2D eigenvalue weighted by molar-refractivity contribution is -0.141. The average Bonchev–Trinajstić information content (AvgIpc) is 0.854. The summed E-state index contributed by atoms with van der Waals surface area (Å²) in [5.41, 5.74) is 14.2. The first-order valence-electron chi connectivity index (χ1n) is 48.7. The number of hydrogen-bond acceptors (Lipinski definition) is 15. The molecule has 5 aliphatic carbocycles. The largest absolute Gasteiger partial charge is 0.426 e. The highest BCUT2D eigenvalue weighted by atomic mass is 32.1. The molecule has 135 heavy (non-hydrogen) atoms. The lowest BCUT2D eigenvalue weighted by Gasteiger charge is -2.27. The normalized spacial score (nSPS) is 19.2. The topological polar surface area (TPSA) is 132 Å². The summed E-state index contributed by atoms with van der Waals surface area (Å²) in [6, 6.07) is 82.0. The number of halogens is 5. The van der Waals surface area contributed by atoms with E-state index in [1.807, 2.05) is 60.7 Å². The summed E-state index contributed by atoms with van der Waals surface area (Å²) >= 11 is 21.3. The van der Waals surface area contributed by atoms with Gasteiger partial charge in [-0.2, -0.15) is 0 Å². The number of unbranched alkanes of at least 4 members (excludes halogenated alkanes) is 5. The fraction of sp³-hybridized carbons (Fsp3) is 0.435. The van der Waals surface area contributed by atoms with E-state index in [-0.39, 0.29) is 83.0 Å². The molecule has 10 nitrogen and oxygen atoms in total. The van der Waals surface area contributed by atoms with Gasteiger partial charge < -0.3 is 23.7 Å². The van der Waals surface area contributed by atoms with Crippen molar-refractivity contribution in [2.75, 3.05) is 0 Å². The minimum atomic E-state index is -0.0923. The van der Waals surface area contributed by atoms with Crippen LogP contribution in [-0.2, 0) is 56.1 Å². The summed E-state index contributed by atoms with van der Waals surface area (Å²) in [6.45, 7) is 11.1. The van der Waals surface area contributed by atoms with Crippen molar-refractivity contribution in [3.63, 3.8) is 0 Å². The molecule has 0 heterocycles. The van der Waals surface area contributed by atoms with Crippen LogP contribution in [0.2, 0.25) is 0 Å². The molecule has 0 radical (unpaired) electrons. The van der Waals surface area contributed by atoms with Crippen molar-refractivity contribution >= 4 is 93.0 Å². The molecular weight excluding hydrogens is 1800 g/mol. The van der Waals surface area contributed by atoms with E-state index in [4.69, 9.17) is 23.7 Å². The van der Waals surface area contributed by atoms with Gasteiger partial charge in [0.25, 0.3) is 0 Å². The van der Waals surface area contributed by atoms with Crippen LogP contribution < -0.4 is 23.7 Å². The Kier molecular flexibility index (Phi) is 52.7. The first-order chi connectivity index (χ1) is 63.3. The Balaban J connectivity index is 0.000000257. The lowest BCUT2D eigenvalue weighted by atomic mass is 9.78.